The zero-order valence-corrected chi connectivity index (χ0v) is 6.54. The average molecular weight is 178 g/mol. The van der Waals surface area contributed by atoms with Crippen LogP contribution in [0.4, 0.5) is 4.79 Å². The third kappa shape index (κ3) is 1.44. The molecular weight excluding hydrogens is 172 g/mol. The molecule has 0 atom stereocenters. The van der Waals surface area contributed by atoms with E-state index in [0.29, 0.717) is 5.65 Å². The molecule has 2 aromatic heterocycles. The third-order valence-electron chi connectivity index (χ3n) is 1.53. The molecule has 0 saturated heterocycles. The van der Waals surface area contributed by atoms with Crippen molar-refractivity contribution in [2.24, 2.45) is 0 Å². The molecule has 5 heteroatoms. The molecule has 1 N–H and O–H groups in total. The summed E-state index contributed by atoms with van der Waals surface area (Å²) in [6.45, 7) is 0. The molecule has 0 fully saturated rings. The van der Waals surface area contributed by atoms with Crippen molar-refractivity contribution in [2.75, 3.05) is 0 Å². The van der Waals surface area contributed by atoms with Crippen LogP contribution in [-0.4, -0.2) is 20.6 Å². The predicted molar refractivity (Wildman–Crippen MR) is 43.8 cm³/mol. The topological polar surface area (TPSA) is 63.8 Å². The number of hydrogen-bond donors (Lipinski definition) is 1. The van der Waals surface area contributed by atoms with E-state index in [1.807, 2.05) is 12.1 Å². The molecule has 0 saturated carbocycles. The van der Waals surface area contributed by atoms with Crippen molar-refractivity contribution in [1.82, 2.24) is 9.38 Å². The van der Waals surface area contributed by atoms with Gasteiger partial charge < -0.3 is 14.2 Å². The van der Waals surface area contributed by atoms with Gasteiger partial charge in [-0.15, -0.1) is 0 Å². The van der Waals surface area contributed by atoms with E-state index in [4.69, 9.17) is 5.11 Å². The molecule has 0 bridgehead atoms. The van der Waals surface area contributed by atoms with Crippen LogP contribution in [0.1, 0.15) is 0 Å². The van der Waals surface area contributed by atoms with E-state index in [2.05, 4.69) is 9.72 Å². The van der Waals surface area contributed by atoms with Gasteiger partial charge in [-0.25, -0.2) is 4.79 Å². The maximum atomic E-state index is 10.2. The number of nitrogens with zero attached hydrogens (tertiary/aromatic N) is 2. The highest BCUT2D eigenvalue weighted by Gasteiger charge is 2.04. The van der Waals surface area contributed by atoms with Crippen LogP contribution in [0.25, 0.3) is 5.65 Å². The Morgan fingerprint density at radius 3 is 3.08 bits per heavy atom. The predicted octanol–water partition coefficient (Wildman–Crippen LogP) is 1.39. The minimum absolute atomic E-state index is 0.0821. The minimum atomic E-state index is -1.36. The highest BCUT2D eigenvalue weighted by atomic mass is 16.7. The van der Waals surface area contributed by atoms with Gasteiger partial charge in [-0.1, -0.05) is 6.07 Å². The van der Waals surface area contributed by atoms with Gasteiger partial charge in [0.1, 0.15) is 5.65 Å². The minimum Gasteiger partial charge on any atom is -0.449 e. The first kappa shape index (κ1) is 7.60. The van der Waals surface area contributed by atoms with Crippen LogP contribution >= 0.6 is 0 Å². The van der Waals surface area contributed by atoms with Crippen LogP contribution in [0, 0.1) is 0 Å². The first-order chi connectivity index (χ1) is 6.25. The number of imidazole rings is 1. The zero-order chi connectivity index (χ0) is 9.26. The van der Waals surface area contributed by atoms with E-state index in [0.717, 1.165) is 0 Å². The largest absolute Gasteiger partial charge is 0.512 e. The number of ether oxygens (including phenoxy) is 1. The fraction of sp³-hybridized carbons (Fsp3) is 0. The van der Waals surface area contributed by atoms with Crippen LogP contribution in [0.3, 0.4) is 0 Å². The smallest absolute Gasteiger partial charge is 0.449 e. The number of fused-ring (bicyclic) bond motifs is 1. The van der Waals surface area contributed by atoms with E-state index >= 15 is 0 Å². The molecule has 2 rings (SSSR count). The van der Waals surface area contributed by atoms with E-state index in [-0.39, 0.29) is 5.88 Å². The van der Waals surface area contributed by atoms with Crippen molar-refractivity contribution in [3.8, 4) is 5.88 Å². The molecule has 0 unspecified atom stereocenters. The van der Waals surface area contributed by atoms with Crippen LogP contribution in [0.15, 0.2) is 30.6 Å². The molecule has 0 amide bonds. The monoisotopic (exact) mass is 178 g/mol. The maximum absolute atomic E-state index is 10.2. The standard InChI is InChI=1S/C8H6N2O3/c11-8(12)13-7-5-10-4-2-1-3-6(10)9-7/h1-5H,(H,11,12). The zero-order valence-electron chi connectivity index (χ0n) is 6.54. The third-order valence-corrected chi connectivity index (χ3v) is 1.53. The lowest BCUT2D eigenvalue weighted by molar-refractivity contribution is 0.143. The number of carbonyl (C=O) groups is 1. The Kier molecular flexibility index (Phi) is 1.63. The Labute approximate surface area is 73.2 Å². The molecule has 5 nitrogen and oxygen atoms in total. The number of rotatable bonds is 1. The summed E-state index contributed by atoms with van der Waals surface area (Å²) in [5.74, 6) is 0.0821. The van der Waals surface area contributed by atoms with Crippen molar-refractivity contribution in [1.29, 1.82) is 0 Å². The van der Waals surface area contributed by atoms with E-state index in [1.54, 1.807) is 16.7 Å². The second-order valence-electron chi connectivity index (χ2n) is 2.41. The van der Waals surface area contributed by atoms with Gasteiger partial charge in [0, 0.05) is 6.20 Å². The average Bonchev–Trinajstić information content (AvgIpc) is 2.44. The summed E-state index contributed by atoms with van der Waals surface area (Å²) in [4.78, 5) is 14.1. The SMILES string of the molecule is O=C(O)Oc1cn2ccccc2n1. The van der Waals surface area contributed by atoms with Crippen molar-refractivity contribution in [3.63, 3.8) is 0 Å². The Morgan fingerprint density at radius 1 is 1.54 bits per heavy atom. The first-order valence-corrected chi connectivity index (χ1v) is 3.60. The van der Waals surface area contributed by atoms with Gasteiger partial charge in [0.2, 0.25) is 5.88 Å². The van der Waals surface area contributed by atoms with Crippen LogP contribution < -0.4 is 4.74 Å². The van der Waals surface area contributed by atoms with Crippen molar-refractivity contribution < 1.29 is 14.6 Å². The summed E-state index contributed by atoms with van der Waals surface area (Å²) in [5, 5.41) is 8.32. The van der Waals surface area contributed by atoms with Crippen LogP contribution in [0.2, 0.25) is 0 Å². The van der Waals surface area contributed by atoms with Gasteiger partial charge in [0.15, 0.2) is 0 Å². The molecule has 0 aliphatic rings. The Hall–Kier alpha value is -2.04. The van der Waals surface area contributed by atoms with Gasteiger partial charge in [-0.2, -0.15) is 4.98 Å². The van der Waals surface area contributed by atoms with Gasteiger partial charge in [0.05, 0.1) is 6.20 Å². The highest BCUT2D eigenvalue weighted by Crippen LogP contribution is 2.10. The molecular formula is C8H6N2O3. The molecule has 0 aliphatic heterocycles. The van der Waals surface area contributed by atoms with Crippen LogP contribution in [-0.2, 0) is 0 Å². The number of aromatic nitrogens is 2. The van der Waals surface area contributed by atoms with E-state index in [9.17, 15) is 4.79 Å². The van der Waals surface area contributed by atoms with Crippen molar-refractivity contribution in [2.45, 2.75) is 0 Å². The lowest BCUT2D eigenvalue weighted by atomic mass is 10.5. The highest BCUT2D eigenvalue weighted by molar-refractivity contribution is 5.60. The Bertz CT molecular complexity index is 416. The summed E-state index contributed by atoms with van der Waals surface area (Å²) < 4.78 is 6.06. The quantitative estimate of drug-likeness (QED) is 0.670. The number of hydrogen-bond acceptors (Lipinski definition) is 3. The summed E-state index contributed by atoms with van der Waals surface area (Å²) in [5.41, 5.74) is 0.652. The Balaban J connectivity index is 2.44. The fourth-order valence-electron chi connectivity index (χ4n) is 1.05. The van der Waals surface area contributed by atoms with Gasteiger partial charge in [-0.3, -0.25) is 0 Å². The normalized spacial score (nSPS) is 10.2. The van der Waals surface area contributed by atoms with Crippen molar-refractivity contribution >= 4 is 11.8 Å². The summed E-state index contributed by atoms with van der Waals surface area (Å²) in [6, 6.07) is 5.39. The van der Waals surface area contributed by atoms with Crippen LogP contribution in [0.5, 0.6) is 5.88 Å². The molecule has 0 aromatic carbocycles. The second-order valence-corrected chi connectivity index (χ2v) is 2.41. The lowest BCUT2D eigenvalue weighted by Gasteiger charge is -1.89. The summed E-state index contributed by atoms with van der Waals surface area (Å²) in [6.07, 6.45) is 1.91. The maximum Gasteiger partial charge on any atom is 0.512 e. The molecule has 2 heterocycles. The molecule has 0 aliphatic carbocycles. The Morgan fingerprint density at radius 2 is 2.38 bits per heavy atom. The van der Waals surface area contributed by atoms with E-state index < -0.39 is 6.16 Å². The summed E-state index contributed by atoms with van der Waals surface area (Å²) >= 11 is 0. The van der Waals surface area contributed by atoms with Crippen molar-refractivity contribution in [3.05, 3.63) is 30.6 Å². The molecule has 0 radical (unpaired) electrons. The first-order valence-electron chi connectivity index (χ1n) is 3.60. The molecule has 66 valence electrons. The van der Waals surface area contributed by atoms with Gasteiger partial charge in [-0.05, 0) is 12.1 Å². The second kappa shape index (κ2) is 2.78. The fourth-order valence-corrected chi connectivity index (χ4v) is 1.05. The van der Waals surface area contributed by atoms with Gasteiger partial charge in [0.25, 0.3) is 0 Å². The number of carboxylic acid groups (broad SMARTS) is 1. The summed E-state index contributed by atoms with van der Waals surface area (Å²) in [7, 11) is 0. The lowest BCUT2D eigenvalue weighted by Crippen LogP contribution is -2.02. The molecule has 0 spiro atoms. The number of pyridine rings is 1. The molecule has 13 heavy (non-hydrogen) atoms. The van der Waals surface area contributed by atoms with E-state index in [1.165, 1.54) is 6.20 Å². The van der Waals surface area contributed by atoms with Gasteiger partial charge >= 0.3 is 6.16 Å². The molecule has 2 aromatic rings.